The number of benzene rings is 3. The molecule has 2 unspecified atom stereocenters. The number of aryl methyl sites for hydroxylation is 1. The number of hydrogen-bond acceptors (Lipinski definition) is 7. The summed E-state index contributed by atoms with van der Waals surface area (Å²) in [5.41, 5.74) is 5.73. The number of carbonyl (C=O) groups excluding carboxylic acids is 3. The van der Waals surface area contributed by atoms with E-state index in [1.807, 2.05) is 73.8 Å². The van der Waals surface area contributed by atoms with Gasteiger partial charge in [0.05, 0.1) is 25.0 Å². The van der Waals surface area contributed by atoms with Crippen molar-refractivity contribution in [1.29, 1.82) is 0 Å². The maximum Gasteiger partial charge on any atom is 0.306 e. The van der Waals surface area contributed by atoms with E-state index in [1.165, 1.54) is 0 Å². The minimum absolute atomic E-state index is 0.0330. The molecule has 2 atom stereocenters. The van der Waals surface area contributed by atoms with Crippen molar-refractivity contribution in [1.82, 2.24) is 15.0 Å². The summed E-state index contributed by atoms with van der Waals surface area (Å²) in [5.74, 6) is -1.56. The van der Waals surface area contributed by atoms with Crippen LogP contribution in [0.3, 0.4) is 0 Å². The molecule has 8 heteroatoms. The lowest BCUT2D eigenvalue weighted by Crippen LogP contribution is -2.16. The molecule has 1 heterocycles. The van der Waals surface area contributed by atoms with Crippen molar-refractivity contribution in [2.45, 2.75) is 38.7 Å². The highest BCUT2D eigenvalue weighted by molar-refractivity contribution is 6.03. The highest BCUT2D eigenvalue weighted by Gasteiger charge is 2.33. The molecule has 1 aliphatic rings. The summed E-state index contributed by atoms with van der Waals surface area (Å²) in [7, 11) is 1.82. The molecular formula is C30H29N3O5. The van der Waals surface area contributed by atoms with Gasteiger partial charge in [-0.05, 0) is 53.8 Å². The van der Waals surface area contributed by atoms with Crippen molar-refractivity contribution < 1.29 is 23.9 Å². The fourth-order valence-electron chi connectivity index (χ4n) is 5.05. The molecule has 1 aliphatic carbocycles. The number of rotatable bonds is 9. The van der Waals surface area contributed by atoms with Crippen molar-refractivity contribution in [3.8, 4) is 0 Å². The predicted molar refractivity (Wildman–Crippen MR) is 140 cm³/mol. The van der Waals surface area contributed by atoms with Crippen LogP contribution in [0, 0.1) is 5.92 Å². The fourth-order valence-corrected chi connectivity index (χ4v) is 5.05. The molecule has 0 aliphatic heterocycles. The average molecular weight is 512 g/mol. The lowest BCUT2D eigenvalue weighted by atomic mass is 9.86. The van der Waals surface area contributed by atoms with Crippen LogP contribution in [0.1, 0.15) is 58.3 Å². The third-order valence-corrected chi connectivity index (χ3v) is 7.01. The van der Waals surface area contributed by atoms with Crippen LogP contribution in [0.5, 0.6) is 0 Å². The van der Waals surface area contributed by atoms with Crippen LogP contribution in [0.15, 0.2) is 66.7 Å². The summed E-state index contributed by atoms with van der Waals surface area (Å²) in [6, 6.07) is 21.0. The summed E-state index contributed by atoms with van der Waals surface area (Å²) >= 11 is 0. The van der Waals surface area contributed by atoms with Crippen LogP contribution in [-0.4, -0.2) is 39.3 Å². The third-order valence-electron chi connectivity index (χ3n) is 7.01. The van der Waals surface area contributed by atoms with Gasteiger partial charge >= 0.3 is 11.9 Å². The van der Waals surface area contributed by atoms with Crippen LogP contribution < -0.4 is 0 Å². The number of Topliss-reactive ketones (excluding diaryl/α,β-unsaturated/α-hetero) is 1. The quantitative estimate of drug-likeness (QED) is 0.304. The number of hydrogen-bond donors (Lipinski definition) is 0. The van der Waals surface area contributed by atoms with Crippen LogP contribution in [0.25, 0.3) is 11.0 Å². The SMILES string of the molecule is CCOC(=O)CC(c1ccc2c(c1)C(=O)C(CC(=O)OCc1ccccc1)C2)c1ccc2c(c1)nnn2C. The molecular weight excluding hydrogens is 482 g/mol. The summed E-state index contributed by atoms with van der Waals surface area (Å²) in [4.78, 5) is 38.3. The van der Waals surface area contributed by atoms with E-state index in [1.54, 1.807) is 11.6 Å². The average Bonchev–Trinajstić information content (AvgIpc) is 3.45. The van der Waals surface area contributed by atoms with Gasteiger partial charge in [0.2, 0.25) is 0 Å². The Morgan fingerprint density at radius 3 is 2.55 bits per heavy atom. The molecule has 0 saturated heterocycles. The molecule has 8 nitrogen and oxygen atoms in total. The van der Waals surface area contributed by atoms with Crippen molar-refractivity contribution in [3.63, 3.8) is 0 Å². The lowest BCUT2D eigenvalue weighted by Gasteiger charge is -2.18. The number of carbonyl (C=O) groups is 3. The minimum atomic E-state index is -0.456. The van der Waals surface area contributed by atoms with Crippen LogP contribution in [0.2, 0.25) is 0 Å². The van der Waals surface area contributed by atoms with Gasteiger partial charge in [0.25, 0.3) is 0 Å². The van der Waals surface area contributed by atoms with Gasteiger partial charge < -0.3 is 9.47 Å². The second-order valence-corrected chi connectivity index (χ2v) is 9.56. The molecule has 5 rings (SSSR count). The normalized spacial score (nSPS) is 15.3. The summed E-state index contributed by atoms with van der Waals surface area (Å²) in [6.07, 6.45) is 0.649. The second kappa shape index (κ2) is 11.0. The molecule has 0 fully saturated rings. The molecule has 0 bridgehead atoms. The maximum atomic E-state index is 13.3. The summed E-state index contributed by atoms with van der Waals surface area (Å²) < 4.78 is 12.3. The van der Waals surface area contributed by atoms with Crippen molar-refractivity contribution in [3.05, 3.63) is 94.5 Å². The van der Waals surface area contributed by atoms with Gasteiger partial charge in [0.15, 0.2) is 5.78 Å². The highest BCUT2D eigenvalue weighted by Crippen LogP contribution is 2.35. The van der Waals surface area contributed by atoms with Crippen LogP contribution >= 0.6 is 0 Å². The third kappa shape index (κ3) is 5.34. The number of aromatic nitrogens is 3. The van der Waals surface area contributed by atoms with Crippen LogP contribution in [-0.2, 0) is 39.1 Å². The van der Waals surface area contributed by atoms with Crippen LogP contribution in [0.4, 0.5) is 0 Å². The highest BCUT2D eigenvalue weighted by atomic mass is 16.5. The van der Waals surface area contributed by atoms with E-state index < -0.39 is 11.9 Å². The lowest BCUT2D eigenvalue weighted by molar-refractivity contribution is -0.146. The minimum Gasteiger partial charge on any atom is -0.466 e. The van der Waals surface area contributed by atoms with Crippen molar-refractivity contribution in [2.24, 2.45) is 13.0 Å². The van der Waals surface area contributed by atoms with Crippen molar-refractivity contribution >= 4 is 28.8 Å². The first-order chi connectivity index (χ1) is 18.4. The number of fused-ring (bicyclic) bond motifs is 2. The first-order valence-electron chi connectivity index (χ1n) is 12.7. The first-order valence-corrected chi connectivity index (χ1v) is 12.7. The maximum absolute atomic E-state index is 13.3. The number of esters is 2. The molecule has 0 N–H and O–H groups in total. The zero-order valence-corrected chi connectivity index (χ0v) is 21.4. The molecule has 0 radical (unpaired) electrons. The number of ether oxygens (including phenoxy) is 2. The second-order valence-electron chi connectivity index (χ2n) is 9.56. The van der Waals surface area contributed by atoms with E-state index in [4.69, 9.17) is 9.47 Å². The Labute approximate surface area is 220 Å². The van der Waals surface area contributed by atoms with E-state index in [0.29, 0.717) is 18.6 Å². The summed E-state index contributed by atoms with van der Waals surface area (Å²) in [5, 5.41) is 8.28. The Bertz CT molecular complexity index is 1490. The molecule has 4 aromatic rings. The number of ketones is 1. The van der Waals surface area contributed by atoms with Gasteiger partial charge in [0, 0.05) is 24.4 Å². The Kier molecular flexibility index (Phi) is 7.31. The van der Waals surface area contributed by atoms with Gasteiger partial charge in [-0.1, -0.05) is 53.7 Å². The van der Waals surface area contributed by atoms with E-state index in [0.717, 1.165) is 33.3 Å². The van der Waals surface area contributed by atoms with Gasteiger partial charge in [-0.3, -0.25) is 14.4 Å². The Balaban J connectivity index is 1.35. The first kappa shape index (κ1) is 25.3. The number of nitrogens with zero attached hydrogens (tertiary/aromatic N) is 3. The zero-order valence-electron chi connectivity index (χ0n) is 21.4. The van der Waals surface area contributed by atoms with E-state index >= 15 is 0 Å². The molecule has 0 amide bonds. The van der Waals surface area contributed by atoms with E-state index in [-0.39, 0.29) is 37.1 Å². The van der Waals surface area contributed by atoms with Gasteiger partial charge in [-0.15, -0.1) is 5.10 Å². The zero-order chi connectivity index (χ0) is 26.6. The Hall–Kier alpha value is -4.33. The molecule has 38 heavy (non-hydrogen) atoms. The van der Waals surface area contributed by atoms with E-state index in [2.05, 4.69) is 10.3 Å². The molecule has 0 saturated carbocycles. The fraction of sp³-hybridized carbons (Fsp3) is 0.300. The molecule has 194 valence electrons. The smallest absolute Gasteiger partial charge is 0.306 e. The largest absolute Gasteiger partial charge is 0.466 e. The van der Waals surface area contributed by atoms with E-state index in [9.17, 15) is 14.4 Å². The van der Waals surface area contributed by atoms with Gasteiger partial charge in [-0.25, -0.2) is 4.68 Å². The predicted octanol–water partition coefficient (Wildman–Crippen LogP) is 4.54. The van der Waals surface area contributed by atoms with Gasteiger partial charge in [0.1, 0.15) is 12.1 Å². The Morgan fingerprint density at radius 2 is 1.76 bits per heavy atom. The Morgan fingerprint density at radius 1 is 1.00 bits per heavy atom. The van der Waals surface area contributed by atoms with Gasteiger partial charge in [-0.2, -0.15) is 0 Å². The van der Waals surface area contributed by atoms with Crippen molar-refractivity contribution in [2.75, 3.05) is 6.61 Å². The molecule has 0 spiro atoms. The summed E-state index contributed by atoms with van der Waals surface area (Å²) in [6.45, 7) is 2.25. The molecule has 1 aromatic heterocycles. The monoisotopic (exact) mass is 511 g/mol. The standard InChI is InChI=1S/C30H29N3O5/c1-3-37-29(35)17-24(22-11-12-27-26(15-22)31-32-33(27)2)21-10-9-20-13-23(30(36)25(20)14-21)16-28(34)38-18-19-7-5-4-6-8-19/h4-12,14-15,23-24H,3,13,16-18H2,1-2H3. The topological polar surface area (TPSA) is 100 Å². The molecule has 3 aromatic carbocycles.